The molecule has 1 unspecified atom stereocenters. The molecule has 0 amide bonds. The molecule has 6 nitrogen and oxygen atoms in total. The van der Waals surface area contributed by atoms with E-state index < -0.39 is 41.8 Å². The Labute approximate surface area is 115 Å². The summed E-state index contributed by atoms with van der Waals surface area (Å²) in [5.74, 6) is -8.27. The third-order valence-electron chi connectivity index (χ3n) is 2.26. The highest BCUT2D eigenvalue weighted by Crippen LogP contribution is 2.35. The van der Waals surface area contributed by atoms with Gasteiger partial charge in [0.15, 0.2) is 6.10 Å². The Kier molecular flexibility index (Phi) is 6.05. The number of hydrogen-bond acceptors (Lipinski definition) is 5. The van der Waals surface area contributed by atoms with Crippen LogP contribution >= 0.6 is 0 Å². The van der Waals surface area contributed by atoms with Gasteiger partial charge in [0.05, 0.1) is 6.42 Å². The van der Waals surface area contributed by atoms with E-state index in [4.69, 9.17) is 5.11 Å². The molecular formula is C12H18F2O6. The lowest BCUT2D eigenvalue weighted by atomic mass is 9.85. The first-order chi connectivity index (χ1) is 8.89. The van der Waals surface area contributed by atoms with Crippen LogP contribution in [0.25, 0.3) is 0 Å². The number of halogens is 2. The Balaban J connectivity index is 4.81. The summed E-state index contributed by atoms with van der Waals surface area (Å²) >= 11 is 0. The van der Waals surface area contributed by atoms with E-state index in [1.54, 1.807) is 0 Å². The summed E-state index contributed by atoms with van der Waals surface area (Å²) in [6.45, 7) is 4.79. The Bertz CT molecular complexity index is 386. The average molecular weight is 296 g/mol. The second kappa shape index (κ2) is 6.62. The number of carboxylic acids is 1. The number of carboxylic acid groups (broad SMARTS) is 1. The van der Waals surface area contributed by atoms with E-state index in [2.05, 4.69) is 9.47 Å². The highest BCUT2D eigenvalue weighted by molar-refractivity contribution is 5.77. The number of ether oxygens (including phenoxy) is 2. The van der Waals surface area contributed by atoms with Crippen LogP contribution in [0.15, 0.2) is 0 Å². The maximum atomic E-state index is 13.6. The summed E-state index contributed by atoms with van der Waals surface area (Å²) in [4.78, 5) is 32.5. The minimum atomic E-state index is -4.21. The number of aliphatic carboxylic acids is 1. The highest BCUT2D eigenvalue weighted by atomic mass is 19.3. The van der Waals surface area contributed by atoms with Crippen molar-refractivity contribution < 1.29 is 37.7 Å². The van der Waals surface area contributed by atoms with E-state index >= 15 is 0 Å². The molecule has 0 aromatic carbocycles. The minimum absolute atomic E-state index is 0.316. The summed E-state index contributed by atoms with van der Waals surface area (Å²) in [6, 6.07) is 0. The van der Waals surface area contributed by atoms with Crippen LogP contribution in [0.4, 0.5) is 8.78 Å². The molecule has 0 heterocycles. The predicted octanol–water partition coefficient (Wildman–Crippen LogP) is 1.62. The maximum Gasteiger partial charge on any atom is 0.379 e. The fourth-order valence-electron chi connectivity index (χ4n) is 1.38. The van der Waals surface area contributed by atoms with Gasteiger partial charge in [-0.05, 0) is 0 Å². The molecule has 0 aromatic rings. The lowest BCUT2D eigenvalue weighted by Gasteiger charge is -2.33. The monoisotopic (exact) mass is 296 g/mol. The van der Waals surface area contributed by atoms with Gasteiger partial charge in [-0.25, -0.2) is 4.79 Å². The Morgan fingerprint density at radius 1 is 1.20 bits per heavy atom. The van der Waals surface area contributed by atoms with Crippen molar-refractivity contribution in [1.29, 1.82) is 0 Å². The number of carbonyl (C=O) groups excluding carboxylic acids is 2. The minimum Gasteiger partial charge on any atom is -0.477 e. The Morgan fingerprint density at radius 2 is 1.70 bits per heavy atom. The van der Waals surface area contributed by atoms with Crippen molar-refractivity contribution in [3.8, 4) is 0 Å². The Hall–Kier alpha value is -1.73. The summed E-state index contributed by atoms with van der Waals surface area (Å²) in [5, 5.41) is 8.53. The average Bonchev–Trinajstić information content (AvgIpc) is 2.23. The van der Waals surface area contributed by atoms with Crippen molar-refractivity contribution in [3.05, 3.63) is 0 Å². The van der Waals surface area contributed by atoms with Crippen LogP contribution in [0.2, 0.25) is 0 Å². The molecule has 0 aliphatic rings. The predicted molar refractivity (Wildman–Crippen MR) is 63.2 cm³/mol. The van der Waals surface area contributed by atoms with E-state index in [9.17, 15) is 23.2 Å². The van der Waals surface area contributed by atoms with Gasteiger partial charge in [-0.3, -0.25) is 9.59 Å². The molecule has 0 aliphatic carbocycles. The number of alkyl halides is 2. The van der Waals surface area contributed by atoms with E-state index in [1.807, 2.05) is 0 Å². The summed E-state index contributed by atoms with van der Waals surface area (Å²) in [7, 11) is 0. The van der Waals surface area contributed by atoms with Crippen LogP contribution in [-0.2, 0) is 23.9 Å². The van der Waals surface area contributed by atoms with Gasteiger partial charge >= 0.3 is 23.8 Å². The van der Waals surface area contributed by atoms with E-state index in [0.717, 1.165) is 6.92 Å². The molecule has 1 N–H and O–H groups in total. The van der Waals surface area contributed by atoms with Gasteiger partial charge in [0.25, 0.3) is 0 Å². The first kappa shape index (κ1) is 18.3. The van der Waals surface area contributed by atoms with Gasteiger partial charge in [0, 0.05) is 12.3 Å². The molecule has 0 saturated heterocycles. The van der Waals surface area contributed by atoms with Crippen LogP contribution in [-0.4, -0.2) is 41.6 Å². The third-order valence-corrected chi connectivity index (χ3v) is 2.26. The van der Waals surface area contributed by atoms with E-state index in [0.29, 0.717) is 0 Å². The first-order valence-corrected chi connectivity index (χ1v) is 5.83. The van der Waals surface area contributed by atoms with Crippen LogP contribution in [0.3, 0.4) is 0 Å². The number of carbonyl (C=O) groups is 3. The third kappa shape index (κ3) is 5.50. The zero-order valence-corrected chi connectivity index (χ0v) is 11.7. The lowest BCUT2D eigenvalue weighted by molar-refractivity contribution is -0.207. The van der Waals surface area contributed by atoms with Gasteiger partial charge in [-0.15, -0.1) is 0 Å². The SMILES string of the molecule is CC(=O)OCCC(=O)OC(C(C)(C)C)C(F)(F)C(=O)O. The molecular weight excluding hydrogens is 278 g/mol. The second-order valence-electron chi connectivity index (χ2n) is 5.25. The van der Waals surface area contributed by atoms with Crippen molar-refractivity contribution in [2.75, 3.05) is 6.61 Å². The maximum absolute atomic E-state index is 13.6. The van der Waals surface area contributed by atoms with Gasteiger partial charge in [0.1, 0.15) is 6.61 Å². The highest BCUT2D eigenvalue weighted by Gasteiger charge is 2.55. The summed E-state index contributed by atoms with van der Waals surface area (Å²) < 4.78 is 36.1. The smallest absolute Gasteiger partial charge is 0.379 e. The molecule has 0 aliphatic heterocycles. The molecule has 0 fully saturated rings. The van der Waals surface area contributed by atoms with E-state index in [1.165, 1.54) is 20.8 Å². The molecule has 0 rings (SSSR count). The van der Waals surface area contributed by atoms with Gasteiger partial charge < -0.3 is 14.6 Å². The van der Waals surface area contributed by atoms with Crippen LogP contribution in [0, 0.1) is 5.41 Å². The van der Waals surface area contributed by atoms with Crippen molar-refractivity contribution >= 4 is 17.9 Å². The van der Waals surface area contributed by atoms with Gasteiger partial charge in [-0.2, -0.15) is 8.78 Å². The zero-order valence-electron chi connectivity index (χ0n) is 11.7. The topological polar surface area (TPSA) is 89.9 Å². The molecule has 0 radical (unpaired) electrons. The number of esters is 2. The molecule has 116 valence electrons. The Morgan fingerprint density at radius 3 is 2.05 bits per heavy atom. The van der Waals surface area contributed by atoms with Crippen molar-refractivity contribution in [1.82, 2.24) is 0 Å². The van der Waals surface area contributed by atoms with Crippen molar-refractivity contribution in [2.24, 2.45) is 5.41 Å². The molecule has 0 bridgehead atoms. The van der Waals surface area contributed by atoms with Crippen LogP contribution in [0.1, 0.15) is 34.1 Å². The fourth-order valence-corrected chi connectivity index (χ4v) is 1.38. The fraction of sp³-hybridized carbons (Fsp3) is 0.750. The number of rotatable bonds is 6. The van der Waals surface area contributed by atoms with Gasteiger partial charge in [0.2, 0.25) is 0 Å². The number of hydrogen-bond donors (Lipinski definition) is 1. The molecule has 0 aromatic heterocycles. The quantitative estimate of drug-likeness (QED) is 0.749. The molecule has 8 heteroatoms. The molecule has 0 saturated carbocycles. The molecule has 20 heavy (non-hydrogen) atoms. The van der Waals surface area contributed by atoms with Crippen molar-refractivity contribution in [2.45, 2.75) is 46.1 Å². The van der Waals surface area contributed by atoms with Crippen LogP contribution < -0.4 is 0 Å². The zero-order chi connectivity index (χ0) is 16.1. The lowest BCUT2D eigenvalue weighted by Crippen LogP contribution is -2.51. The second-order valence-corrected chi connectivity index (χ2v) is 5.25. The van der Waals surface area contributed by atoms with E-state index in [-0.39, 0.29) is 6.61 Å². The largest absolute Gasteiger partial charge is 0.477 e. The molecule has 1 atom stereocenters. The standard InChI is InChI=1S/C12H18F2O6/c1-7(15)19-6-5-8(16)20-9(11(2,3)4)12(13,14)10(17)18/h9H,5-6H2,1-4H3,(H,17,18). The van der Waals surface area contributed by atoms with Crippen LogP contribution in [0.5, 0.6) is 0 Å². The summed E-state index contributed by atoms with van der Waals surface area (Å²) in [5.41, 5.74) is -1.28. The summed E-state index contributed by atoms with van der Waals surface area (Å²) in [6.07, 6.45) is -2.56. The van der Waals surface area contributed by atoms with Gasteiger partial charge in [-0.1, -0.05) is 20.8 Å². The molecule has 0 spiro atoms. The van der Waals surface area contributed by atoms with Crippen molar-refractivity contribution in [3.63, 3.8) is 0 Å². The normalized spacial score (nSPS) is 13.5. The first-order valence-electron chi connectivity index (χ1n) is 5.83.